The number of carbonyl (C=O) groups excluding carboxylic acids is 1. The van der Waals surface area contributed by atoms with Gasteiger partial charge in [0.05, 0.1) is 5.56 Å². The fourth-order valence-corrected chi connectivity index (χ4v) is 3.89. The molecule has 1 aromatic heterocycles. The zero-order chi connectivity index (χ0) is 17.7. The number of anilines is 1. The van der Waals surface area contributed by atoms with Crippen molar-refractivity contribution in [3.05, 3.63) is 73.1 Å². The van der Waals surface area contributed by atoms with E-state index in [2.05, 4.69) is 10.3 Å². The quantitative estimate of drug-likeness (QED) is 0.833. The van der Waals surface area contributed by atoms with Gasteiger partial charge in [-0.2, -0.15) is 0 Å². The fraction of sp³-hybridized carbons (Fsp3) is 0.316. The highest BCUT2D eigenvalue weighted by Crippen LogP contribution is 2.43. The maximum atomic E-state index is 12.7. The number of nitrogens with zero attached hydrogens (tertiary/aromatic N) is 1. The minimum absolute atomic E-state index is 0.0703. The molecule has 0 unspecified atom stereocenters. The average molecular weight is 337 g/mol. The highest BCUT2D eigenvalue weighted by molar-refractivity contribution is 6.01. The normalized spacial score (nSPS) is 19.3. The Balaban J connectivity index is 2.09. The second-order valence-electron chi connectivity index (χ2n) is 6.66. The molecule has 2 aromatic rings. The van der Waals surface area contributed by atoms with Gasteiger partial charge < -0.3 is 5.32 Å². The Labute approximate surface area is 144 Å². The van der Waals surface area contributed by atoms with Crippen LogP contribution in [-0.4, -0.2) is 15.3 Å². The van der Waals surface area contributed by atoms with Gasteiger partial charge >= 0.3 is 5.69 Å². The van der Waals surface area contributed by atoms with Gasteiger partial charge in [0, 0.05) is 30.7 Å². The molecule has 1 aliphatic carbocycles. The number of fused-ring (bicyclic) bond motifs is 1. The van der Waals surface area contributed by atoms with E-state index in [0.717, 1.165) is 29.7 Å². The van der Waals surface area contributed by atoms with Crippen molar-refractivity contribution >= 4 is 11.6 Å². The van der Waals surface area contributed by atoms with Crippen molar-refractivity contribution in [2.24, 2.45) is 7.05 Å². The molecule has 6 nitrogen and oxygen atoms in total. The summed E-state index contributed by atoms with van der Waals surface area (Å²) in [7, 11) is 1.62. The zero-order valence-electron chi connectivity index (χ0n) is 14.2. The van der Waals surface area contributed by atoms with Crippen LogP contribution in [0.25, 0.3) is 0 Å². The van der Waals surface area contributed by atoms with Crippen LogP contribution in [0.2, 0.25) is 0 Å². The molecule has 2 aliphatic rings. The van der Waals surface area contributed by atoms with Crippen LogP contribution >= 0.6 is 0 Å². The van der Waals surface area contributed by atoms with Gasteiger partial charge in [0.2, 0.25) is 0 Å². The molecule has 0 fully saturated rings. The summed E-state index contributed by atoms with van der Waals surface area (Å²) in [4.78, 5) is 39.8. The predicted octanol–water partition coefficient (Wildman–Crippen LogP) is 1.95. The van der Waals surface area contributed by atoms with Gasteiger partial charge in [0.25, 0.3) is 5.56 Å². The van der Waals surface area contributed by atoms with E-state index in [1.165, 1.54) is 4.57 Å². The Kier molecular flexibility index (Phi) is 3.49. The topological polar surface area (TPSA) is 84.0 Å². The third-order valence-electron chi connectivity index (χ3n) is 5.16. The summed E-state index contributed by atoms with van der Waals surface area (Å²) in [6.45, 7) is 1.97. The molecule has 0 bridgehead atoms. The molecular weight excluding hydrogens is 318 g/mol. The van der Waals surface area contributed by atoms with Gasteiger partial charge in [-0.3, -0.25) is 19.1 Å². The molecule has 2 N–H and O–H groups in total. The van der Waals surface area contributed by atoms with Crippen LogP contribution in [0.5, 0.6) is 0 Å². The molecule has 128 valence electrons. The molecule has 0 spiro atoms. The number of hydrogen-bond acceptors (Lipinski definition) is 4. The average Bonchev–Trinajstić information content (AvgIpc) is 2.59. The van der Waals surface area contributed by atoms with E-state index in [4.69, 9.17) is 0 Å². The number of H-pyrrole nitrogens is 1. The van der Waals surface area contributed by atoms with Crippen LogP contribution < -0.4 is 16.6 Å². The first-order valence-corrected chi connectivity index (χ1v) is 8.41. The summed E-state index contributed by atoms with van der Waals surface area (Å²) in [5.74, 6) is 0.104. The summed E-state index contributed by atoms with van der Waals surface area (Å²) in [5.41, 5.74) is 2.96. The highest BCUT2D eigenvalue weighted by Gasteiger charge is 2.38. The molecule has 1 aliphatic heterocycles. The van der Waals surface area contributed by atoms with Crippen LogP contribution in [0.1, 0.15) is 41.9 Å². The van der Waals surface area contributed by atoms with Gasteiger partial charge in [-0.05, 0) is 30.9 Å². The lowest BCUT2D eigenvalue weighted by molar-refractivity contribution is -0.116. The maximum absolute atomic E-state index is 12.7. The second kappa shape index (κ2) is 5.58. The molecule has 0 saturated heterocycles. The standard InChI is InChI=1S/C19H19N3O3/c1-10-6-3-4-7-11(10)14-15-12(8-5-9-13(15)23)20-17-16(14)18(24)21-19(25)22(17)2/h3-4,6-7,14,20H,5,8-9H2,1-2H3,(H,21,24,25)/t14-/m0/s1. The Morgan fingerprint density at radius 2 is 1.88 bits per heavy atom. The number of Topliss-reactive ketones (excluding diaryl/α,β-unsaturated/α-hetero) is 1. The van der Waals surface area contributed by atoms with E-state index < -0.39 is 17.2 Å². The number of nitrogens with one attached hydrogen (secondary N) is 2. The molecule has 1 atom stereocenters. The lowest BCUT2D eigenvalue weighted by atomic mass is 9.75. The van der Waals surface area contributed by atoms with Crippen molar-refractivity contribution in [2.75, 3.05) is 5.32 Å². The molecule has 0 radical (unpaired) electrons. The molecule has 4 rings (SSSR count). The SMILES string of the molecule is Cc1ccccc1[C@H]1C2=C(CCCC2=O)Nc2c1c(=O)[nH]c(=O)n2C. The molecule has 25 heavy (non-hydrogen) atoms. The second-order valence-corrected chi connectivity index (χ2v) is 6.66. The first-order valence-electron chi connectivity index (χ1n) is 8.41. The molecule has 0 saturated carbocycles. The summed E-state index contributed by atoms with van der Waals surface area (Å²) in [6.07, 6.45) is 2.00. The molecule has 2 heterocycles. The molecular formula is C19H19N3O3. The van der Waals surface area contributed by atoms with E-state index in [-0.39, 0.29) is 5.78 Å². The summed E-state index contributed by atoms with van der Waals surface area (Å²) in [6, 6.07) is 7.77. The van der Waals surface area contributed by atoms with Crippen molar-refractivity contribution in [1.29, 1.82) is 0 Å². The van der Waals surface area contributed by atoms with E-state index in [1.807, 2.05) is 31.2 Å². The monoisotopic (exact) mass is 337 g/mol. The molecule has 1 aromatic carbocycles. The number of hydrogen-bond donors (Lipinski definition) is 2. The Bertz CT molecular complexity index is 1040. The van der Waals surface area contributed by atoms with E-state index >= 15 is 0 Å². The van der Waals surface area contributed by atoms with Crippen LogP contribution in [0, 0.1) is 6.92 Å². The number of aromatic nitrogens is 2. The Morgan fingerprint density at radius 3 is 2.64 bits per heavy atom. The van der Waals surface area contributed by atoms with Gasteiger partial charge in [0.1, 0.15) is 5.82 Å². The first kappa shape index (κ1) is 15.6. The van der Waals surface area contributed by atoms with Gasteiger partial charge in [-0.25, -0.2) is 4.79 Å². The van der Waals surface area contributed by atoms with Crippen LogP contribution in [0.3, 0.4) is 0 Å². The van der Waals surface area contributed by atoms with Crippen LogP contribution in [0.4, 0.5) is 5.82 Å². The minimum atomic E-state index is -0.467. The van der Waals surface area contributed by atoms with Crippen molar-refractivity contribution in [2.45, 2.75) is 32.1 Å². The predicted molar refractivity (Wildman–Crippen MR) is 94.8 cm³/mol. The number of allylic oxidation sites excluding steroid dienone is 2. The van der Waals surface area contributed by atoms with Crippen LogP contribution in [-0.2, 0) is 11.8 Å². The molecule has 0 amide bonds. The van der Waals surface area contributed by atoms with E-state index in [1.54, 1.807) is 7.05 Å². The minimum Gasteiger partial charge on any atom is -0.344 e. The van der Waals surface area contributed by atoms with Crippen molar-refractivity contribution in [3.8, 4) is 0 Å². The van der Waals surface area contributed by atoms with Crippen LogP contribution in [0.15, 0.2) is 45.1 Å². The van der Waals surface area contributed by atoms with Crippen molar-refractivity contribution < 1.29 is 4.79 Å². The van der Waals surface area contributed by atoms with Crippen molar-refractivity contribution in [1.82, 2.24) is 9.55 Å². The van der Waals surface area contributed by atoms with Crippen molar-refractivity contribution in [3.63, 3.8) is 0 Å². The maximum Gasteiger partial charge on any atom is 0.329 e. The number of carbonyl (C=O) groups is 1. The fourth-order valence-electron chi connectivity index (χ4n) is 3.89. The number of aromatic amines is 1. The van der Waals surface area contributed by atoms with Gasteiger partial charge in [-0.1, -0.05) is 24.3 Å². The third-order valence-corrected chi connectivity index (χ3v) is 5.16. The zero-order valence-corrected chi connectivity index (χ0v) is 14.2. The lowest BCUT2D eigenvalue weighted by Gasteiger charge is -2.34. The largest absolute Gasteiger partial charge is 0.344 e. The summed E-state index contributed by atoms with van der Waals surface area (Å²) >= 11 is 0. The molecule has 6 heteroatoms. The third kappa shape index (κ3) is 2.28. The van der Waals surface area contributed by atoms with Gasteiger partial charge in [0.15, 0.2) is 5.78 Å². The first-order chi connectivity index (χ1) is 12.0. The smallest absolute Gasteiger partial charge is 0.329 e. The van der Waals surface area contributed by atoms with E-state index in [9.17, 15) is 14.4 Å². The number of aryl methyl sites for hydroxylation is 1. The Hall–Kier alpha value is -2.89. The van der Waals surface area contributed by atoms with E-state index in [0.29, 0.717) is 23.4 Å². The highest BCUT2D eigenvalue weighted by atomic mass is 16.2. The number of rotatable bonds is 1. The summed E-state index contributed by atoms with van der Waals surface area (Å²) in [5, 5.41) is 3.20. The lowest BCUT2D eigenvalue weighted by Crippen LogP contribution is -2.39. The number of benzene rings is 1. The Morgan fingerprint density at radius 1 is 1.12 bits per heavy atom. The summed E-state index contributed by atoms with van der Waals surface area (Å²) < 4.78 is 1.41. The van der Waals surface area contributed by atoms with Gasteiger partial charge in [-0.15, -0.1) is 0 Å². The number of ketones is 1.